The monoisotopic (exact) mass is 317 g/mol. The maximum Gasteiger partial charge on any atom is 0.355 e. The van der Waals surface area contributed by atoms with E-state index in [4.69, 9.17) is 9.47 Å². The van der Waals surface area contributed by atoms with Crippen molar-refractivity contribution in [2.24, 2.45) is 0 Å². The quantitative estimate of drug-likeness (QED) is 0.788. The lowest BCUT2D eigenvalue weighted by molar-refractivity contribution is 0.0513. The maximum atomic E-state index is 12.4. The van der Waals surface area contributed by atoms with Crippen molar-refractivity contribution >= 4 is 16.9 Å². The van der Waals surface area contributed by atoms with Gasteiger partial charge in [-0.15, -0.1) is 0 Å². The number of nitrogens with zero attached hydrogens (tertiary/aromatic N) is 1. The van der Waals surface area contributed by atoms with E-state index in [1.165, 1.54) is 24.3 Å². The lowest BCUT2D eigenvalue weighted by atomic mass is 10.2. The van der Waals surface area contributed by atoms with Crippen LogP contribution in [0.1, 0.15) is 31.3 Å². The molecule has 0 atom stereocenters. The molecule has 6 heteroatoms. The highest BCUT2D eigenvalue weighted by Crippen LogP contribution is 2.16. The third-order valence-corrected chi connectivity index (χ3v) is 3.40. The van der Waals surface area contributed by atoms with Crippen molar-refractivity contribution in [3.8, 4) is 5.75 Å². The SMILES string of the molecule is CCOC(=O)c1cc(=O)c2cc(OCC)c(=O)ccc2n1CC. The predicted molar refractivity (Wildman–Crippen MR) is 87.3 cm³/mol. The number of carbonyl (C=O) groups excluding carboxylic acids is 1. The van der Waals surface area contributed by atoms with Crippen LogP contribution in [0, 0.1) is 0 Å². The van der Waals surface area contributed by atoms with Crippen LogP contribution in [0.2, 0.25) is 0 Å². The molecule has 0 amide bonds. The van der Waals surface area contributed by atoms with E-state index in [9.17, 15) is 14.4 Å². The summed E-state index contributed by atoms with van der Waals surface area (Å²) in [6.07, 6.45) is 0. The molecule has 23 heavy (non-hydrogen) atoms. The van der Waals surface area contributed by atoms with Crippen molar-refractivity contribution in [2.45, 2.75) is 27.3 Å². The molecule has 1 aromatic heterocycles. The fourth-order valence-corrected chi connectivity index (χ4v) is 2.43. The molecule has 0 aliphatic heterocycles. The van der Waals surface area contributed by atoms with Crippen LogP contribution in [0.25, 0.3) is 10.9 Å². The van der Waals surface area contributed by atoms with Gasteiger partial charge in [0.2, 0.25) is 5.43 Å². The number of hydrogen-bond acceptors (Lipinski definition) is 5. The minimum atomic E-state index is -0.563. The van der Waals surface area contributed by atoms with Crippen LogP contribution in [-0.4, -0.2) is 23.8 Å². The summed E-state index contributed by atoms with van der Waals surface area (Å²) in [5.41, 5.74) is -0.0124. The van der Waals surface area contributed by atoms with Crippen LogP contribution in [0.15, 0.2) is 33.9 Å². The van der Waals surface area contributed by atoms with Gasteiger partial charge in [-0.3, -0.25) is 9.59 Å². The van der Waals surface area contributed by atoms with E-state index in [-0.39, 0.29) is 28.9 Å². The van der Waals surface area contributed by atoms with Crippen molar-refractivity contribution in [1.29, 1.82) is 0 Å². The second-order valence-corrected chi connectivity index (χ2v) is 4.80. The smallest absolute Gasteiger partial charge is 0.355 e. The summed E-state index contributed by atoms with van der Waals surface area (Å²) in [6, 6.07) is 5.55. The van der Waals surface area contributed by atoms with Gasteiger partial charge in [0.1, 0.15) is 5.69 Å². The molecule has 2 aromatic rings. The fourth-order valence-electron chi connectivity index (χ4n) is 2.43. The second kappa shape index (κ2) is 7.09. The molecular weight excluding hydrogens is 298 g/mol. The first-order chi connectivity index (χ1) is 11.0. The van der Waals surface area contributed by atoms with Crippen LogP contribution in [-0.2, 0) is 11.3 Å². The topological polar surface area (TPSA) is 74.6 Å². The Balaban J connectivity index is 2.86. The molecule has 0 N–H and O–H groups in total. The first-order valence-corrected chi connectivity index (χ1v) is 7.55. The highest BCUT2D eigenvalue weighted by molar-refractivity contribution is 5.91. The van der Waals surface area contributed by atoms with Crippen LogP contribution >= 0.6 is 0 Å². The van der Waals surface area contributed by atoms with E-state index in [1.54, 1.807) is 18.4 Å². The van der Waals surface area contributed by atoms with Crippen LogP contribution in [0.3, 0.4) is 0 Å². The molecule has 0 fully saturated rings. The van der Waals surface area contributed by atoms with Crippen LogP contribution in [0.4, 0.5) is 0 Å². The molecule has 0 saturated heterocycles. The molecular formula is C17H19NO5. The molecule has 1 heterocycles. The number of ether oxygens (including phenoxy) is 2. The van der Waals surface area contributed by atoms with Gasteiger partial charge in [0, 0.05) is 18.0 Å². The molecule has 0 saturated carbocycles. The van der Waals surface area contributed by atoms with E-state index in [1.807, 2.05) is 6.92 Å². The Kier molecular flexibility index (Phi) is 5.16. The average molecular weight is 317 g/mol. The van der Waals surface area contributed by atoms with Crippen molar-refractivity contribution in [3.63, 3.8) is 0 Å². The Hall–Kier alpha value is -2.63. The van der Waals surface area contributed by atoms with Crippen LogP contribution < -0.4 is 15.6 Å². The van der Waals surface area contributed by atoms with Gasteiger partial charge in [-0.2, -0.15) is 0 Å². The number of pyridine rings is 1. The first kappa shape index (κ1) is 16.7. The summed E-state index contributed by atoms with van der Waals surface area (Å²) in [6.45, 7) is 6.30. The highest BCUT2D eigenvalue weighted by Gasteiger charge is 2.16. The molecule has 0 aliphatic carbocycles. The highest BCUT2D eigenvalue weighted by atomic mass is 16.5. The average Bonchev–Trinajstić information content (AvgIpc) is 2.69. The lowest BCUT2D eigenvalue weighted by Gasteiger charge is -2.13. The first-order valence-electron chi connectivity index (χ1n) is 7.55. The molecule has 0 spiro atoms. The molecule has 0 unspecified atom stereocenters. The Morgan fingerprint density at radius 1 is 1.04 bits per heavy atom. The normalized spacial score (nSPS) is 10.6. The summed E-state index contributed by atoms with van der Waals surface area (Å²) in [4.78, 5) is 36.5. The van der Waals surface area contributed by atoms with Gasteiger partial charge in [0.15, 0.2) is 11.2 Å². The zero-order valence-corrected chi connectivity index (χ0v) is 13.4. The molecule has 2 rings (SSSR count). The fraction of sp³-hybridized carbons (Fsp3) is 0.353. The maximum absolute atomic E-state index is 12.4. The van der Waals surface area contributed by atoms with E-state index in [2.05, 4.69) is 0 Å². The molecule has 0 bridgehead atoms. The third-order valence-electron chi connectivity index (χ3n) is 3.40. The number of hydrogen-bond donors (Lipinski definition) is 0. The minimum Gasteiger partial charge on any atom is -0.490 e. The second-order valence-electron chi connectivity index (χ2n) is 4.80. The largest absolute Gasteiger partial charge is 0.490 e. The summed E-state index contributed by atoms with van der Waals surface area (Å²) in [7, 11) is 0. The van der Waals surface area contributed by atoms with E-state index in [0.717, 1.165) is 0 Å². The van der Waals surface area contributed by atoms with Gasteiger partial charge < -0.3 is 14.0 Å². The predicted octanol–water partition coefficient (Wildman–Crippen LogP) is 1.96. The lowest BCUT2D eigenvalue weighted by Crippen LogP contribution is -2.19. The summed E-state index contributed by atoms with van der Waals surface area (Å²) >= 11 is 0. The number of aromatic nitrogens is 1. The Morgan fingerprint density at radius 3 is 2.39 bits per heavy atom. The van der Waals surface area contributed by atoms with Gasteiger partial charge in [0.05, 0.1) is 18.7 Å². The van der Waals surface area contributed by atoms with Crippen molar-refractivity contribution in [1.82, 2.24) is 4.57 Å². The standard InChI is InChI=1S/C17H19NO5/c1-4-18-12-7-8-14(19)16(22-5-2)9-11(12)15(20)10-13(18)17(21)23-6-3/h7-10H,4-6H2,1-3H3. The van der Waals surface area contributed by atoms with E-state index >= 15 is 0 Å². The molecule has 0 radical (unpaired) electrons. The Morgan fingerprint density at radius 2 is 1.78 bits per heavy atom. The van der Waals surface area contributed by atoms with Crippen molar-refractivity contribution in [3.05, 3.63) is 50.4 Å². The number of fused-ring (bicyclic) bond motifs is 1. The van der Waals surface area contributed by atoms with Gasteiger partial charge in [-0.1, -0.05) is 0 Å². The molecule has 1 aromatic carbocycles. The molecule has 6 nitrogen and oxygen atoms in total. The molecule has 0 aliphatic rings. The number of rotatable bonds is 5. The van der Waals surface area contributed by atoms with E-state index < -0.39 is 5.97 Å². The zero-order chi connectivity index (χ0) is 17.0. The molecule has 122 valence electrons. The van der Waals surface area contributed by atoms with Crippen molar-refractivity contribution < 1.29 is 14.3 Å². The number of carbonyl (C=O) groups is 1. The number of esters is 1. The Labute approximate surface area is 133 Å². The number of aryl methyl sites for hydroxylation is 1. The van der Waals surface area contributed by atoms with Gasteiger partial charge >= 0.3 is 5.97 Å². The minimum absolute atomic E-state index is 0.117. The third kappa shape index (κ3) is 3.26. The zero-order valence-electron chi connectivity index (χ0n) is 13.4. The van der Waals surface area contributed by atoms with Crippen LogP contribution in [0.5, 0.6) is 5.75 Å². The van der Waals surface area contributed by atoms with Gasteiger partial charge in [-0.25, -0.2) is 4.79 Å². The van der Waals surface area contributed by atoms with Gasteiger partial charge in [-0.05, 0) is 39.0 Å². The summed E-state index contributed by atoms with van der Waals surface area (Å²) in [5, 5.41) is 0.324. The Bertz CT molecular complexity index is 854. The van der Waals surface area contributed by atoms with Gasteiger partial charge in [0.25, 0.3) is 0 Å². The summed E-state index contributed by atoms with van der Waals surface area (Å²) in [5.74, 6) is -0.446. The van der Waals surface area contributed by atoms with E-state index in [0.29, 0.717) is 24.1 Å². The summed E-state index contributed by atoms with van der Waals surface area (Å²) < 4.78 is 12.0. The van der Waals surface area contributed by atoms with Crippen molar-refractivity contribution in [2.75, 3.05) is 13.2 Å².